The van der Waals surface area contributed by atoms with Gasteiger partial charge in [-0.1, -0.05) is 6.07 Å². The van der Waals surface area contributed by atoms with Crippen molar-refractivity contribution < 1.29 is 4.79 Å². The van der Waals surface area contributed by atoms with E-state index in [0.717, 1.165) is 25.2 Å². The van der Waals surface area contributed by atoms with Crippen molar-refractivity contribution in [2.24, 2.45) is 0 Å². The van der Waals surface area contributed by atoms with Crippen molar-refractivity contribution in [3.8, 4) is 0 Å². The Kier molecular flexibility index (Phi) is 3.80. The summed E-state index contributed by atoms with van der Waals surface area (Å²) in [5.74, 6) is 0.0832. The number of amides is 1. The number of fused-ring (bicyclic) bond motifs is 1. The average Bonchev–Trinajstić information content (AvgIpc) is 2.25. The standard InChI is InChI=1S/C15H23N3O/c1-15(2,3)17-14(19)10-18-7-6-11-4-5-13(16)8-12(11)9-18/h4-5,8H,6-7,9-10,16H2,1-3H3,(H,17,19). The van der Waals surface area contributed by atoms with Crippen LogP contribution in [0.25, 0.3) is 0 Å². The fraction of sp³-hybridized carbons (Fsp3) is 0.533. The third kappa shape index (κ3) is 3.96. The third-order valence-corrected chi connectivity index (χ3v) is 3.20. The number of nitrogens with one attached hydrogen (secondary N) is 1. The molecule has 1 aromatic rings. The molecule has 19 heavy (non-hydrogen) atoms. The molecule has 1 aliphatic heterocycles. The minimum atomic E-state index is -0.171. The minimum absolute atomic E-state index is 0.0832. The Balaban J connectivity index is 1.96. The number of benzene rings is 1. The van der Waals surface area contributed by atoms with Crippen LogP contribution >= 0.6 is 0 Å². The molecular weight excluding hydrogens is 238 g/mol. The minimum Gasteiger partial charge on any atom is -0.399 e. The summed E-state index contributed by atoms with van der Waals surface area (Å²) in [5.41, 5.74) is 9.03. The second kappa shape index (κ2) is 5.21. The number of carbonyl (C=O) groups excluding carboxylic acids is 1. The quantitative estimate of drug-likeness (QED) is 0.794. The summed E-state index contributed by atoms with van der Waals surface area (Å²) in [4.78, 5) is 14.1. The third-order valence-electron chi connectivity index (χ3n) is 3.20. The largest absolute Gasteiger partial charge is 0.399 e. The zero-order valence-corrected chi connectivity index (χ0v) is 12.0. The van der Waals surface area contributed by atoms with E-state index in [1.807, 2.05) is 32.9 Å². The lowest BCUT2D eigenvalue weighted by Crippen LogP contribution is -2.46. The number of anilines is 1. The van der Waals surface area contributed by atoms with E-state index in [1.165, 1.54) is 11.1 Å². The summed E-state index contributed by atoms with van der Waals surface area (Å²) in [6.45, 7) is 8.17. The predicted octanol–water partition coefficient (Wildman–Crippen LogP) is 1.54. The summed E-state index contributed by atoms with van der Waals surface area (Å²) in [6, 6.07) is 6.06. The molecule has 0 radical (unpaired) electrons. The molecule has 4 heteroatoms. The Morgan fingerprint density at radius 3 is 2.79 bits per heavy atom. The topological polar surface area (TPSA) is 58.4 Å². The summed E-state index contributed by atoms with van der Waals surface area (Å²) >= 11 is 0. The first kappa shape index (κ1) is 13.9. The molecule has 0 spiro atoms. The number of carbonyl (C=O) groups is 1. The Labute approximate surface area is 115 Å². The maximum atomic E-state index is 11.9. The van der Waals surface area contributed by atoms with Gasteiger partial charge in [0.1, 0.15) is 0 Å². The van der Waals surface area contributed by atoms with Gasteiger partial charge in [0.2, 0.25) is 5.91 Å². The highest BCUT2D eigenvalue weighted by atomic mass is 16.2. The van der Waals surface area contributed by atoms with Crippen LogP contribution in [0.4, 0.5) is 5.69 Å². The fourth-order valence-electron chi connectivity index (χ4n) is 2.43. The van der Waals surface area contributed by atoms with Gasteiger partial charge in [-0.2, -0.15) is 0 Å². The van der Waals surface area contributed by atoms with Gasteiger partial charge in [-0.05, 0) is 50.5 Å². The van der Waals surface area contributed by atoms with E-state index in [9.17, 15) is 4.79 Å². The first-order chi connectivity index (χ1) is 8.83. The second-order valence-electron chi connectivity index (χ2n) is 6.29. The highest BCUT2D eigenvalue weighted by Crippen LogP contribution is 2.21. The monoisotopic (exact) mass is 261 g/mol. The smallest absolute Gasteiger partial charge is 0.234 e. The molecule has 0 fully saturated rings. The van der Waals surface area contributed by atoms with Crippen LogP contribution in [0.2, 0.25) is 0 Å². The summed E-state index contributed by atoms with van der Waals surface area (Å²) < 4.78 is 0. The van der Waals surface area contributed by atoms with Crippen molar-refractivity contribution in [2.45, 2.75) is 39.3 Å². The van der Waals surface area contributed by atoms with Gasteiger partial charge in [0.15, 0.2) is 0 Å². The maximum Gasteiger partial charge on any atom is 0.234 e. The predicted molar refractivity (Wildman–Crippen MR) is 77.7 cm³/mol. The Bertz CT molecular complexity index is 477. The lowest BCUT2D eigenvalue weighted by Gasteiger charge is -2.30. The van der Waals surface area contributed by atoms with Crippen LogP contribution in [0.5, 0.6) is 0 Å². The Hall–Kier alpha value is -1.55. The van der Waals surface area contributed by atoms with E-state index in [1.54, 1.807) is 0 Å². The molecule has 3 N–H and O–H groups in total. The van der Waals surface area contributed by atoms with Gasteiger partial charge >= 0.3 is 0 Å². The van der Waals surface area contributed by atoms with Crippen LogP contribution in [-0.4, -0.2) is 29.4 Å². The van der Waals surface area contributed by atoms with Crippen LogP contribution in [0.3, 0.4) is 0 Å². The number of nitrogens with zero attached hydrogens (tertiary/aromatic N) is 1. The first-order valence-electron chi connectivity index (χ1n) is 6.74. The van der Waals surface area contributed by atoms with Gasteiger partial charge in [-0.25, -0.2) is 0 Å². The molecule has 0 bridgehead atoms. The van der Waals surface area contributed by atoms with Crippen LogP contribution in [-0.2, 0) is 17.8 Å². The molecular formula is C15H23N3O. The number of nitrogens with two attached hydrogens (primary N) is 1. The molecule has 1 amide bonds. The van der Waals surface area contributed by atoms with Gasteiger partial charge in [0.05, 0.1) is 6.54 Å². The van der Waals surface area contributed by atoms with Gasteiger partial charge < -0.3 is 11.1 Å². The normalized spacial score (nSPS) is 15.9. The van der Waals surface area contributed by atoms with Crippen molar-refractivity contribution >= 4 is 11.6 Å². The molecule has 0 unspecified atom stereocenters. The fourth-order valence-corrected chi connectivity index (χ4v) is 2.43. The molecule has 0 saturated carbocycles. The van der Waals surface area contributed by atoms with Gasteiger partial charge in [-0.15, -0.1) is 0 Å². The Morgan fingerprint density at radius 2 is 2.11 bits per heavy atom. The van der Waals surface area contributed by atoms with Gasteiger partial charge in [-0.3, -0.25) is 9.69 Å². The number of hydrogen-bond acceptors (Lipinski definition) is 3. The van der Waals surface area contributed by atoms with E-state index >= 15 is 0 Å². The van der Waals surface area contributed by atoms with Crippen molar-refractivity contribution in [3.63, 3.8) is 0 Å². The summed E-state index contributed by atoms with van der Waals surface area (Å²) in [7, 11) is 0. The Morgan fingerprint density at radius 1 is 1.37 bits per heavy atom. The summed E-state index contributed by atoms with van der Waals surface area (Å²) in [5, 5.41) is 3.00. The van der Waals surface area contributed by atoms with E-state index in [-0.39, 0.29) is 11.4 Å². The van der Waals surface area contributed by atoms with E-state index in [4.69, 9.17) is 5.73 Å². The van der Waals surface area contributed by atoms with Crippen molar-refractivity contribution in [1.29, 1.82) is 0 Å². The molecule has 2 rings (SSSR count). The molecule has 0 aromatic heterocycles. The average molecular weight is 261 g/mol. The first-order valence-corrected chi connectivity index (χ1v) is 6.74. The van der Waals surface area contributed by atoms with E-state index in [0.29, 0.717) is 6.54 Å². The molecule has 1 aromatic carbocycles. The number of hydrogen-bond donors (Lipinski definition) is 2. The highest BCUT2D eigenvalue weighted by molar-refractivity contribution is 5.78. The van der Waals surface area contributed by atoms with Gasteiger partial charge in [0.25, 0.3) is 0 Å². The molecule has 0 atom stereocenters. The molecule has 104 valence electrons. The van der Waals surface area contributed by atoms with Crippen LogP contribution in [0, 0.1) is 0 Å². The lowest BCUT2D eigenvalue weighted by atomic mass is 9.99. The summed E-state index contributed by atoms with van der Waals surface area (Å²) in [6.07, 6.45) is 0.985. The molecule has 0 aliphatic carbocycles. The molecule has 1 heterocycles. The van der Waals surface area contributed by atoms with E-state index < -0.39 is 0 Å². The highest BCUT2D eigenvalue weighted by Gasteiger charge is 2.20. The number of nitrogen functional groups attached to an aromatic ring is 1. The van der Waals surface area contributed by atoms with Crippen LogP contribution < -0.4 is 11.1 Å². The zero-order valence-electron chi connectivity index (χ0n) is 12.0. The van der Waals surface area contributed by atoms with Crippen LogP contribution in [0.1, 0.15) is 31.9 Å². The van der Waals surface area contributed by atoms with Gasteiger partial charge in [0, 0.05) is 24.3 Å². The van der Waals surface area contributed by atoms with Crippen molar-refractivity contribution in [3.05, 3.63) is 29.3 Å². The lowest BCUT2D eigenvalue weighted by molar-refractivity contribution is -0.123. The molecule has 1 aliphatic rings. The van der Waals surface area contributed by atoms with Crippen molar-refractivity contribution in [2.75, 3.05) is 18.8 Å². The van der Waals surface area contributed by atoms with Crippen molar-refractivity contribution in [1.82, 2.24) is 10.2 Å². The molecule has 4 nitrogen and oxygen atoms in total. The molecule has 0 saturated heterocycles. The second-order valence-corrected chi connectivity index (χ2v) is 6.29. The number of rotatable bonds is 2. The van der Waals surface area contributed by atoms with E-state index in [2.05, 4.69) is 16.3 Å². The SMILES string of the molecule is CC(C)(C)NC(=O)CN1CCc2ccc(N)cc2C1. The van der Waals surface area contributed by atoms with Crippen LogP contribution in [0.15, 0.2) is 18.2 Å². The zero-order chi connectivity index (χ0) is 14.0. The maximum absolute atomic E-state index is 11.9.